The molecule has 0 saturated carbocycles. The lowest BCUT2D eigenvalue weighted by Crippen LogP contribution is -2.54. The van der Waals surface area contributed by atoms with Crippen LogP contribution in [0.5, 0.6) is 0 Å². The van der Waals surface area contributed by atoms with Crippen molar-refractivity contribution >= 4 is 11.9 Å². The molecular weight excluding hydrogens is 244 g/mol. The SMILES string of the molecule is CC(C)(C)NCCC(=O)N1CCN2C(=O)NCC2C1. The Kier molecular flexibility index (Phi) is 3.99. The molecule has 3 amide bonds. The molecule has 108 valence electrons. The van der Waals surface area contributed by atoms with Gasteiger partial charge in [-0.3, -0.25) is 4.79 Å². The fourth-order valence-corrected chi connectivity index (χ4v) is 2.53. The monoisotopic (exact) mass is 268 g/mol. The van der Waals surface area contributed by atoms with E-state index in [2.05, 4.69) is 31.4 Å². The molecule has 2 fully saturated rings. The molecule has 6 heteroatoms. The van der Waals surface area contributed by atoms with Crippen LogP contribution in [-0.4, -0.2) is 66.0 Å². The highest BCUT2D eigenvalue weighted by atomic mass is 16.2. The quantitative estimate of drug-likeness (QED) is 0.757. The molecule has 2 aliphatic rings. The maximum absolute atomic E-state index is 12.1. The number of fused-ring (bicyclic) bond motifs is 1. The first-order valence-electron chi connectivity index (χ1n) is 6.94. The topological polar surface area (TPSA) is 64.7 Å². The molecule has 0 aromatic rings. The van der Waals surface area contributed by atoms with Gasteiger partial charge < -0.3 is 20.4 Å². The first kappa shape index (κ1) is 14.1. The van der Waals surface area contributed by atoms with E-state index in [1.807, 2.05) is 9.80 Å². The van der Waals surface area contributed by atoms with Gasteiger partial charge in [0.2, 0.25) is 5.91 Å². The molecule has 2 saturated heterocycles. The van der Waals surface area contributed by atoms with Gasteiger partial charge in [-0.15, -0.1) is 0 Å². The van der Waals surface area contributed by atoms with E-state index < -0.39 is 0 Å². The van der Waals surface area contributed by atoms with Crippen molar-refractivity contribution in [1.82, 2.24) is 20.4 Å². The molecule has 0 radical (unpaired) electrons. The van der Waals surface area contributed by atoms with Crippen molar-refractivity contribution in [1.29, 1.82) is 0 Å². The predicted octanol–water partition coefficient (Wildman–Crippen LogP) is 0.000600. The largest absolute Gasteiger partial charge is 0.339 e. The molecule has 1 unspecified atom stereocenters. The summed E-state index contributed by atoms with van der Waals surface area (Å²) in [5, 5.41) is 6.14. The van der Waals surface area contributed by atoms with Crippen molar-refractivity contribution in [3.63, 3.8) is 0 Å². The van der Waals surface area contributed by atoms with Crippen molar-refractivity contribution in [2.45, 2.75) is 38.8 Å². The van der Waals surface area contributed by atoms with Gasteiger partial charge in [-0.05, 0) is 20.8 Å². The minimum atomic E-state index is 0.00602. The normalized spacial score (nSPS) is 23.3. The number of rotatable bonds is 3. The zero-order valence-electron chi connectivity index (χ0n) is 12.0. The Morgan fingerprint density at radius 2 is 2.16 bits per heavy atom. The molecule has 0 spiro atoms. The van der Waals surface area contributed by atoms with Crippen LogP contribution in [0.1, 0.15) is 27.2 Å². The molecule has 2 rings (SSSR count). The van der Waals surface area contributed by atoms with Crippen molar-refractivity contribution in [3.8, 4) is 0 Å². The second-order valence-corrected chi connectivity index (χ2v) is 6.30. The Balaban J connectivity index is 1.77. The van der Waals surface area contributed by atoms with Crippen LogP contribution >= 0.6 is 0 Å². The molecule has 2 aliphatic heterocycles. The minimum Gasteiger partial charge on any atom is -0.339 e. The number of urea groups is 1. The van der Waals surface area contributed by atoms with Gasteiger partial charge in [0.25, 0.3) is 0 Å². The lowest BCUT2D eigenvalue weighted by Gasteiger charge is -2.36. The molecule has 0 aromatic carbocycles. The van der Waals surface area contributed by atoms with E-state index in [0.29, 0.717) is 39.1 Å². The molecule has 6 nitrogen and oxygen atoms in total. The zero-order valence-corrected chi connectivity index (χ0v) is 12.0. The average molecular weight is 268 g/mol. The van der Waals surface area contributed by atoms with Gasteiger partial charge >= 0.3 is 6.03 Å². The lowest BCUT2D eigenvalue weighted by atomic mass is 10.1. The smallest absolute Gasteiger partial charge is 0.317 e. The van der Waals surface area contributed by atoms with E-state index in [9.17, 15) is 9.59 Å². The van der Waals surface area contributed by atoms with Crippen LogP contribution in [-0.2, 0) is 4.79 Å². The van der Waals surface area contributed by atoms with Crippen LogP contribution in [0.15, 0.2) is 0 Å². The van der Waals surface area contributed by atoms with Gasteiger partial charge in [-0.25, -0.2) is 4.79 Å². The third kappa shape index (κ3) is 3.59. The average Bonchev–Trinajstić information content (AvgIpc) is 2.69. The molecular formula is C13H24N4O2. The van der Waals surface area contributed by atoms with Gasteiger partial charge in [0, 0.05) is 44.7 Å². The molecule has 0 bridgehead atoms. The second kappa shape index (κ2) is 5.36. The summed E-state index contributed by atoms with van der Waals surface area (Å²) in [5.74, 6) is 0.177. The fourth-order valence-electron chi connectivity index (χ4n) is 2.53. The van der Waals surface area contributed by atoms with Crippen molar-refractivity contribution in [2.24, 2.45) is 0 Å². The summed E-state index contributed by atoms with van der Waals surface area (Å²) < 4.78 is 0. The van der Waals surface area contributed by atoms with E-state index >= 15 is 0 Å². The van der Waals surface area contributed by atoms with E-state index in [0.717, 1.165) is 0 Å². The molecule has 0 aromatic heterocycles. The number of amides is 3. The lowest BCUT2D eigenvalue weighted by molar-refractivity contribution is -0.133. The van der Waals surface area contributed by atoms with E-state index in [-0.39, 0.29) is 23.5 Å². The van der Waals surface area contributed by atoms with E-state index in [1.54, 1.807) is 0 Å². The summed E-state index contributed by atoms with van der Waals surface area (Å²) in [6, 6.07) is 0.160. The van der Waals surface area contributed by atoms with Crippen LogP contribution < -0.4 is 10.6 Å². The predicted molar refractivity (Wildman–Crippen MR) is 72.8 cm³/mol. The standard InChI is InChI=1S/C13H24N4O2/c1-13(2,3)15-5-4-11(18)16-6-7-17-10(9-16)8-14-12(17)19/h10,15H,4-9H2,1-3H3,(H,14,19). The van der Waals surface area contributed by atoms with Crippen LogP contribution in [0.25, 0.3) is 0 Å². The Bertz CT molecular complexity index is 364. The summed E-state index contributed by atoms with van der Waals surface area (Å²) in [6.45, 7) is 9.58. The van der Waals surface area contributed by atoms with Gasteiger partial charge in [0.1, 0.15) is 0 Å². The summed E-state index contributed by atoms with van der Waals surface area (Å²) in [7, 11) is 0. The third-order valence-electron chi connectivity index (χ3n) is 3.58. The van der Waals surface area contributed by atoms with Crippen LogP contribution in [0, 0.1) is 0 Å². The van der Waals surface area contributed by atoms with Crippen molar-refractivity contribution in [2.75, 3.05) is 32.7 Å². The number of nitrogens with zero attached hydrogens (tertiary/aromatic N) is 2. The van der Waals surface area contributed by atoms with Gasteiger partial charge in [0.15, 0.2) is 0 Å². The Labute approximate surface area is 114 Å². The molecule has 19 heavy (non-hydrogen) atoms. The zero-order chi connectivity index (χ0) is 14.0. The highest BCUT2D eigenvalue weighted by Gasteiger charge is 2.36. The maximum Gasteiger partial charge on any atom is 0.317 e. The Hall–Kier alpha value is -1.30. The number of nitrogens with one attached hydrogen (secondary N) is 2. The van der Waals surface area contributed by atoms with Crippen LogP contribution in [0.2, 0.25) is 0 Å². The van der Waals surface area contributed by atoms with Gasteiger partial charge in [0.05, 0.1) is 6.04 Å². The number of hydrogen-bond donors (Lipinski definition) is 2. The highest BCUT2D eigenvalue weighted by Crippen LogP contribution is 2.14. The van der Waals surface area contributed by atoms with Crippen molar-refractivity contribution < 1.29 is 9.59 Å². The maximum atomic E-state index is 12.1. The Morgan fingerprint density at radius 1 is 1.42 bits per heavy atom. The summed E-state index contributed by atoms with van der Waals surface area (Å²) >= 11 is 0. The number of carbonyl (C=O) groups is 2. The minimum absolute atomic E-state index is 0.00602. The van der Waals surface area contributed by atoms with Crippen LogP contribution in [0.4, 0.5) is 4.79 Å². The van der Waals surface area contributed by atoms with Gasteiger partial charge in [-0.1, -0.05) is 0 Å². The summed E-state index contributed by atoms with van der Waals surface area (Å²) in [4.78, 5) is 27.3. The fraction of sp³-hybridized carbons (Fsp3) is 0.846. The number of carbonyl (C=O) groups excluding carboxylic acids is 2. The highest BCUT2D eigenvalue weighted by molar-refractivity contribution is 5.79. The third-order valence-corrected chi connectivity index (χ3v) is 3.58. The molecule has 0 aliphatic carbocycles. The summed E-state index contributed by atoms with van der Waals surface area (Å²) in [6.07, 6.45) is 0.519. The number of hydrogen-bond acceptors (Lipinski definition) is 3. The Morgan fingerprint density at radius 3 is 2.84 bits per heavy atom. The van der Waals surface area contributed by atoms with Gasteiger partial charge in [-0.2, -0.15) is 0 Å². The summed E-state index contributed by atoms with van der Waals surface area (Å²) in [5.41, 5.74) is 0.0424. The molecule has 2 heterocycles. The van der Waals surface area contributed by atoms with E-state index in [1.165, 1.54) is 0 Å². The molecule has 1 atom stereocenters. The second-order valence-electron chi connectivity index (χ2n) is 6.30. The first-order valence-corrected chi connectivity index (χ1v) is 6.94. The number of piperazine rings is 1. The first-order chi connectivity index (χ1) is 8.87. The van der Waals surface area contributed by atoms with Crippen LogP contribution in [0.3, 0.4) is 0 Å². The molecule has 2 N–H and O–H groups in total. The van der Waals surface area contributed by atoms with Crippen molar-refractivity contribution in [3.05, 3.63) is 0 Å². The van der Waals surface area contributed by atoms with E-state index in [4.69, 9.17) is 0 Å².